The molecule has 1 fully saturated rings. The quantitative estimate of drug-likeness (QED) is 0.748. The van der Waals surface area contributed by atoms with Crippen LogP contribution in [-0.2, 0) is 6.54 Å². The molecule has 3 heteroatoms. The van der Waals surface area contributed by atoms with Crippen molar-refractivity contribution >= 4 is 0 Å². The molecule has 1 saturated carbocycles. The van der Waals surface area contributed by atoms with Gasteiger partial charge in [-0.2, -0.15) is 5.10 Å². The van der Waals surface area contributed by atoms with E-state index >= 15 is 0 Å². The number of aromatic nitrogens is 2. The first-order valence-electron chi connectivity index (χ1n) is 6.52. The molecule has 0 amide bonds. The summed E-state index contributed by atoms with van der Waals surface area (Å²) in [5, 5.41) is 8.13. The number of aryl methyl sites for hydroxylation is 1. The van der Waals surface area contributed by atoms with E-state index in [1.165, 1.54) is 31.4 Å². The minimum Gasteiger partial charge on any atom is -0.314 e. The molecule has 0 aliphatic heterocycles. The van der Waals surface area contributed by atoms with Gasteiger partial charge in [-0.3, -0.25) is 4.68 Å². The standard InChI is InChI=1S/C13H23N3/c1-11(2)13-7-10-16(15-13)9-4-8-14-12-5-3-6-12/h7,10-12,14H,3-6,8-9H2,1-2H3. The highest BCUT2D eigenvalue weighted by Gasteiger charge is 2.15. The summed E-state index contributed by atoms with van der Waals surface area (Å²) in [6.07, 6.45) is 7.43. The van der Waals surface area contributed by atoms with E-state index in [1.807, 2.05) is 0 Å². The maximum Gasteiger partial charge on any atom is 0.0649 e. The Morgan fingerprint density at radius 1 is 1.50 bits per heavy atom. The van der Waals surface area contributed by atoms with Crippen molar-refractivity contribution in [2.24, 2.45) is 0 Å². The van der Waals surface area contributed by atoms with E-state index in [0.29, 0.717) is 5.92 Å². The zero-order valence-electron chi connectivity index (χ0n) is 10.4. The summed E-state index contributed by atoms with van der Waals surface area (Å²) in [6.45, 7) is 6.53. The molecule has 1 heterocycles. The van der Waals surface area contributed by atoms with Crippen molar-refractivity contribution in [3.63, 3.8) is 0 Å². The molecule has 0 unspecified atom stereocenters. The van der Waals surface area contributed by atoms with Crippen molar-refractivity contribution in [3.05, 3.63) is 18.0 Å². The molecule has 0 spiro atoms. The third kappa shape index (κ3) is 3.08. The summed E-state index contributed by atoms with van der Waals surface area (Å²) < 4.78 is 2.07. The molecule has 90 valence electrons. The van der Waals surface area contributed by atoms with Gasteiger partial charge < -0.3 is 5.32 Å². The zero-order valence-corrected chi connectivity index (χ0v) is 10.4. The fourth-order valence-electron chi connectivity index (χ4n) is 1.97. The van der Waals surface area contributed by atoms with Gasteiger partial charge in [0.2, 0.25) is 0 Å². The Kier molecular flexibility index (Phi) is 3.99. The maximum atomic E-state index is 4.55. The smallest absolute Gasteiger partial charge is 0.0649 e. The highest BCUT2D eigenvalue weighted by atomic mass is 15.3. The fraction of sp³-hybridized carbons (Fsp3) is 0.769. The molecule has 1 aromatic rings. The van der Waals surface area contributed by atoms with Crippen molar-refractivity contribution in [2.45, 2.75) is 58.0 Å². The molecule has 2 rings (SSSR count). The SMILES string of the molecule is CC(C)c1ccn(CCCNC2CCC2)n1. The van der Waals surface area contributed by atoms with E-state index in [1.54, 1.807) is 0 Å². The van der Waals surface area contributed by atoms with Gasteiger partial charge in [0.1, 0.15) is 0 Å². The van der Waals surface area contributed by atoms with Crippen LogP contribution >= 0.6 is 0 Å². The second-order valence-corrected chi connectivity index (χ2v) is 5.09. The maximum absolute atomic E-state index is 4.55. The molecule has 1 aromatic heterocycles. The van der Waals surface area contributed by atoms with Crippen molar-refractivity contribution in [2.75, 3.05) is 6.54 Å². The number of nitrogens with zero attached hydrogens (tertiary/aromatic N) is 2. The Bertz CT molecular complexity index is 313. The first-order valence-corrected chi connectivity index (χ1v) is 6.52. The van der Waals surface area contributed by atoms with Crippen LogP contribution in [0, 0.1) is 0 Å². The van der Waals surface area contributed by atoms with Gasteiger partial charge in [0.05, 0.1) is 5.69 Å². The molecule has 0 saturated heterocycles. The summed E-state index contributed by atoms with van der Waals surface area (Å²) in [5.41, 5.74) is 1.20. The third-order valence-electron chi connectivity index (χ3n) is 3.35. The predicted octanol–water partition coefficient (Wildman–Crippen LogP) is 2.54. The Hall–Kier alpha value is -0.830. The van der Waals surface area contributed by atoms with Gasteiger partial charge >= 0.3 is 0 Å². The summed E-state index contributed by atoms with van der Waals surface area (Å²) >= 11 is 0. The van der Waals surface area contributed by atoms with Crippen LogP contribution in [0.15, 0.2) is 12.3 Å². The van der Waals surface area contributed by atoms with Crippen LogP contribution in [-0.4, -0.2) is 22.4 Å². The Balaban J connectivity index is 1.64. The van der Waals surface area contributed by atoms with Gasteiger partial charge in [0, 0.05) is 18.8 Å². The lowest BCUT2D eigenvalue weighted by molar-refractivity contribution is 0.334. The number of hydrogen-bond donors (Lipinski definition) is 1. The summed E-state index contributed by atoms with van der Waals surface area (Å²) in [6, 6.07) is 2.94. The monoisotopic (exact) mass is 221 g/mol. The van der Waals surface area contributed by atoms with Crippen LogP contribution in [0.1, 0.15) is 51.1 Å². The summed E-state index contributed by atoms with van der Waals surface area (Å²) in [7, 11) is 0. The highest BCUT2D eigenvalue weighted by molar-refractivity contribution is 5.03. The molecule has 1 aliphatic rings. The molecule has 16 heavy (non-hydrogen) atoms. The number of rotatable bonds is 6. The van der Waals surface area contributed by atoms with E-state index in [2.05, 4.69) is 41.2 Å². The van der Waals surface area contributed by atoms with E-state index in [9.17, 15) is 0 Å². The van der Waals surface area contributed by atoms with Crippen molar-refractivity contribution in [1.82, 2.24) is 15.1 Å². The minimum absolute atomic E-state index is 0.536. The van der Waals surface area contributed by atoms with E-state index in [-0.39, 0.29) is 0 Å². The molecule has 1 N–H and O–H groups in total. The van der Waals surface area contributed by atoms with Crippen molar-refractivity contribution < 1.29 is 0 Å². The van der Waals surface area contributed by atoms with Crippen LogP contribution in [0.25, 0.3) is 0 Å². The van der Waals surface area contributed by atoms with Gasteiger partial charge in [-0.25, -0.2) is 0 Å². The van der Waals surface area contributed by atoms with Gasteiger partial charge in [0.25, 0.3) is 0 Å². The van der Waals surface area contributed by atoms with Gasteiger partial charge in [0.15, 0.2) is 0 Å². The lowest BCUT2D eigenvalue weighted by Crippen LogP contribution is -2.35. The second kappa shape index (κ2) is 5.48. The molecular formula is C13H23N3. The van der Waals surface area contributed by atoms with E-state index in [0.717, 1.165) is 19.1 Å². The molecular weight excluding hydrogens is 198 g/mol. The lowest BCUT2D eigenvalue weighted by atomic mass is 9.93. The van der Waals surface area contributed by atoms with E-state index in [4.69, 9.17) is 0 Å². The summed E-state index contributed by atoms with van der Waals surface area (Å²) in [5.74, 6) is 0.536. The lowest BCUT2D eigenvalue weighted by Gasteiger charge is -2.26. The van der Waals surface area contributed by atoms with Gasteiger partial charge in [-0.15, -0.1) is 0 Å². The third-order valence-corrected chi connectivity index (χ3v) is 3.35. The largest absolute Gasteiger partial charge is 0.314 e. The van der Waals surface area contributed by atoms with Gasteiger partial charge in [-0.1, -0.05) is 20.3 Å². The minimum atomic E-state index is 0.536. The van der Waals surface area contributed by atoms with Crippen LogP contribution in [0.2, 0.25) is 0 Å². The van der Waals surface area contributed by atoms with Crippen LogP contribution in [0.4, 0.5) is 0 Å². The fourth-order valence-corrected chi connectivity index (χ4v) is 1.97. The van der Waals surface area contributed by atoms with Crippen LogP contribution < -0.4 is 5.32 Å². The Morgan fingerprint density at radius 2 is 2.31 bits per heavy atom. The molecule has 0 bridgehead atoms. The van der Waals surface area contributed by atoms with Crippen LogP contribution in [0.5, 0.6) is 0 Å². The highest BCUT2D eigenvalue weighted by Crippen LogP contribution is 2.17. The number of nitrogens with one attached hydrogen (secondary N) is 1. The first kappa shape index (κ1) is 11.6. The molecule has 0 atom stereocenters. The molecule has 0 radical (unpaired) electrons. The molecule has 1 aliphatic carbocycles. The zero-order chi connectivity index (χ0) is 11.4. The Morgan fingerprint density at radius 3 is 2.88 bits per heavy atom. The second-order valence-electron chi connectivity index (χ2n) is 5.09. The molecule has 0 aromatic carbocycles. The Labute approximate surface area is 98.2 Å². The van der Waals surface area contributed by atoms with Crippen molar-refractivity contribution in [1.29, 1.82) is 0 Å². The summed E-state index contributed by atoms with van der Waals surface area (Å²) in [4.78, 5) is 0. The molecule has 3 nitrogen and oxygen atoms in total. The average molecular weight is 221 g/mol. The normalized spacial score (nSPS) is 16.7. The predicted molar refractivity (Wildman–Crippen MR) is 66.6 cm³/mol. The number of hydrogen-bond acceptors (Lipinski definition) is 2. The van der Waals surface area contributed by atoms with E-state index < -0.39 is 0 Å². The van der Waals surface area contributed by atoms with Gasteiger partial charge in [-0.05, 0) is 37.8 Å². The first-order chi connectivity index (χ1) is 7.75. The van der Waals surface area contributed by atoms with Crippen LogP contribution in [0.3, 0.4) is 0 Å². The average Bonchev–Trinajstić information content (AvgIpc) is 2.63. The topological polar surface area (TPSA) is 29.9 Å². The van der Waals surface area contributed by atoms with Crippen molar-refractivity contribution in [3.8, 4) is 0 Å².